The molecule has 0 N–H and O–H groups in total. The summed E-state index contributed by atoms with van der Waals surface area (Å²) in [5.41, 5.74) is 4.14. The van der Waals surface area contributed by atoms with Gasteiger partial charge in [-0.25, -0.2) is 4.68 Å². The predicted octanol–water partition coefficient (Wildman–Crippen LogP) is 4.30. The number of likely N-dealkylation sites (tertiary alicyclic amines) is 1. The Morgan fingerprint density at radius 3 is 2.66 bits per heavy atom. The highest BCUT2D eigenvalue weighted by Gasteiger charge is 2.28. The van der Waals surface area contributed by atoms with E-state index in [9.17, 15) is 4.79 Å². The van der Waals surface area contributed by atoms with Crippen LogP contribution in [0.15, 0.2) is 67.0 Å². The zero-order chi connectivity index (χ0) is 20.2. The first-order valence-corrected chi connectivity index (χ1v) is 10.3. The molecule has 3 aromatic rings. The normalized spacial score (nSPS) is 16.9. The maximum absolute atomic E-state index is 13.4. The molecule has 1 aliphatic rings. The zero-order valence-electron chi connectivity index (χ0n) is 17.2. The predicted molar refractivity (Wildman–Crippen MR) is 115 cm³/mol. The number of carbonyl (C=O) groups excluding carboxylic acids is 1. The maximum Gasteiger partial charge on any atom is 0.254 e. The number of rotatable bonds is 5. The van der Waals surface area contributed by atoms with E-state index < -0.39 is 0 Å². The summed E-state index contributed by atoms with van der Waals surface area (Å²) in [6.45, 7) is 1.72. The van der Waals surface area contributed by atoms with E-state index in [1.165, 1.54) is 11.1 Å². The largest absolute Gasteiger partial charge is 0.332 e. The van der Waals surface area contributed by atoms with Crippen molar-refractivity contribution in [3.05, 3.63) is 83.7 Å². The van der Waals surface area contributed by atoms with Crippen molar-refractivity contribution < 1.29 is 4.79 Å². The molecule has 1 aromatic heterocycles. The average molecular weight is 389 g/mol. The second-order valence-electron chi connectivity index (χ2n) is 7.99. The van der Waals surface area contributed by atoms with Gasteiger partial charge in [0.25, 0.3) is 5.91 Å². The van der Waals surface area contributed by atoms with Crippen LogP contribution in [0.25, 0.3) is 5.69 Å². The van der Waals surface area contributed by atoms with Crippen LogP contribution in [0.5, 0.6) is 0 Å². The lowest BCUT2D eigenvalue weighted by Crippen LogP contribution is -2.38. The molecule has 1 atom stereocenters. The summed E-state index contributed by atoms with van der Waals surface area (Å²) in [5.74, 6) is 0.0982. The molecule has 5 heteroatoms. The van der Waals surface area contributed by atoms with Crippen LogP contribution in [0, 0.1) is 0 Å². The molecule has 29 heavy (non-hydrogen) atoms. The molecule has 1 amide bonds. The smallest absolute Gasteiger partial charge is 0.254 e. The standard InChI is InChI=1S/C24H28N4O/c1-26(2)18-19-10-12-20(13-11-19)23-9-3-4-15-27(23)24(29)21-7-5-8-22(17-21)28-16-6-14-25-28/h5-8,10-14,16-17,23H,3-4,9,15,18H2,1-2H3. The van der Waals surface area contributed by atoms with Crippen molar-refractivity contribution in [3.63, 3.8) is 0 Å². The van der Waals surface area contributed by atoms with Gasteiger partial charge in [0, 0.05) is 31.0 Å². The van der Waals surface area contributed by atoms with E-state index in [1.54, 1.807) is 10.9 Å². The lowest BCUT2D eigenvalue weighted by Gasteiger charge is -2.36. The van der Waals surface area contributed by atoms with Gasteiger partial charge < -0.3 is 9.80 Å². The Morgan fingerprint density at radius 2 is 1.93 bits per heavy atom. The Kier molecular flexibility index (Phi) is 5.76. The molecule has 1 fully saturated rings. The minimum atomic E-state index is 0.0982. The van der Waals surface area contributed by atoms with Gasteiger partial charge in [0.15, 0.2) is 0 Å². The van der Waals surface area contributed by atoms with E-state index in [0.717, 1.165) is 38.0 Å². The van der Waals surface area contributed by atoms with Crippen LogP contribution >= 0.6 is 0 Å². The van der Waals surface area contributed by atoms with E-state index in [1.807, 2.05) is 41.4 Å². The summed E-state index contributed by atoms with van der Waals surface area (Å²) in [7, 11) is 4.15. The summed E-state index contributed by atoms with van der Waals surface area (Å²) >= 11 is 0. The second-order valence-corrected chi connectivity index (χ2v) is 7.99. The molecular weight excluding hydrogens is 360 g/mol. The van der Waals surface area contributed by atoms with Crippen molar-refractivity contribution in [1.82, 2.24) is 19.6 Å². The number of benzene rings is 2. The number of carbonyl (C=O) groups is 1. The minimum Gasteiger partial charge on any atom is -0.332 e. The van der Waals surface area contributed by atoms with Gasteiger partial charge in [-0.2, -0.15) is 5.10 Å². The van der Waals surface area contributed by atoms with Crippen molar-refractivity contribution in [1.29, 1.82) is 0 Å². The first-order chi connectivity index (χ1) is 14.1. The van der Waals surface area contributed by atoms with E-state index in [4.69, 9.17) is 0 Å². The molecule has 0 aliphatic carbocycles. The van der Waals surface area contributed by atoms with Gasteiger partial charge in [-0.05, 0) is 68.8 Å². The number of aromatic nitrogens is 2. The van der Waals surface area contributed by atoms with Crippen molar-refractivity contribution in [2.45, 2.75) is 31.8 Å². The molecule has 4 rings (SSSR count). The third-order valence-corrected chi connectivity index (χ3v) is 5.49. The van der Waals surface area contributed by atoms with Gasteiger partial charge in [-0.15, -0.1) is 0 Å². The lowest BCUT2D eigenvalue weighted by atomic mass is 9.93. The van der Waals surface area contributed by atoms with E-state index in [-0.39, 0.29) is 11.9 Å². The molecule has 1 aliphatic heterocycles. The van der Waals surface area contributed by atoms with E-state index in [0.29, 0.717) is 5.56 Å². The fourth-order valence-electron chi connectivity index (χ4n) is 4.10. The van der Waals surface area contributed by atoms with Crippen molar-refractivity contribution >= 4 is 5.91 Å². The van der Waals surface area contributed by atoms with Crippen LogP contribution < -0.4 is 0 Å². The Labute approximate surface area is 172 Å². The van der Waals surface area contributed by atoms with Crippen LogP contribution in [0.3, 0.4) is 0 Å². The van der Waals surface area contributed by atoms with Crippen molar-refractivity contribution in [2.75, 3.05) is 20.6 Å². The highest BCUT2D eigenvalue weighted by molar-refractivity contribution is 5.95. The molecule has 5 nitrogen and oxygen atoms in total. The zero-order valence-corrected chi connectivity index (χ0v) is 17.2. The maximum atomic E-state index is 13.4. The van der Waals surface area contributed by atoms with Gasteiger partial charge in [-0.1, -0.05) is 30.3 Å². The first-order valence-electron chi connectivity index (χ1n) is 10.3. The van der Waals surface area contributed by atoms with Gasteiger partial charge in [0.05, 0.1) is 11.7 Å². The molecule has 1 saturated heterocycles. The Balaban J connectivity index is 1.57. The highest BCUT2D eigenvalue weighted by Crippen LogP contribution is 2.32. The fraction of sp³-hybridized carbons (Fsp3) is 0.333. The van der Waals surface area contributed by atoms with E-state index in [2.05, 4.69) is 48.4 Å². The van der Waals surface area contributed by atoms with Crippen LogP contribution in [0.2, 0.25) is 0 Å². The fourth-order valence-corrected chi connectivity index (χ4v) is 4.10. The quantitative estimate of drug-likeness (QED) is 0.654. The molecule has 1 unspecified atom stereocenters. The van der Waals surface area contributed by atoms with Crippen molar-refractivity contribution in [2.24, 2.45) is 0 Å². The first kappa shape index (κ1) is 19.4. The summed E-state index contributed by atoms with van der Waals surface area (Å²) in [6, 6.07) is 18.5. The van der Waals surface area contributed by atoms with E-state index >= 15 is 0 Å². The lowest BCUT2D eigenvalue weighted by molar-refractivity contribution is 0.0611. The minimum absolute atomic E-state index is 0.0982. The second kappa shape index (κ2) is 8.62. The summed E-state index contributed by atoms with van der Waals surface area (Å²) < 4.78 is 1.79. The van der Waals surface area contributed by atoms with Crippen LogP contribution in [-0.4, -0.2) is 46.1 Å². The average Bonchev–Trinajstić information content (AvgIpc) is 3.29. The summed E-state index contributed by atoms with van der Waals surface area (Å²) in [4.78, 5) is 17.6. The topological polar surface area (TPSA) is 41.4 Å². The summed E-state index contributed by atoms with van der Waals surface area (Å²) in [6.07, 6.45) is 6.86. The van der Waals surface area contributed by atoms with Crippen LogP contribution in [-0.2, 0) is 6.54 Å². The Morgan fingerprint density at radius 1 is 1.10 bits per heavy atom. The molecular formula is C24H28N4O. The molecule has 150 valence electrons. The van der Waals surface area contributed by atoms with Crippen LogP contribution in [0.4, 0.5) is 0 Å². The number of nitrogens with zero attached hydrogens (tertiary/aromatic N) is 4. The number of amides is 1. The third-order valence-electron chi connectivity index (χ3n) is 5.49. The SMILES string of the molecule is CN(C)Cc1ccc(C2CCCCN2C(=O)c2cccc(-n3cccn3)c2)cc1. The molecule has 2 heterocycles. The third kappa shape index (κ3) is 4.40. The molecule has 0 bridgehead atoms. The summed E-state index contributed by atoms with van der Waals surface area (Å²) in [5, 5.41) is 4.28. The highest BCUT2D eigenvalue weighted by atomic mass is 16.2. The molecule has 0 radical (unpaired) electrons. The Bertz CT molecular complexity index is 947. The van der Waals surface area contributed by atoms with Crippen molar-refractivity contribution in [3.8, 4) is 5.69 Å². The van der Waals surface area contributed by atoms with Gasteiger partial charge >= 0.3 is 0 Å². The number of piperidine rings is 1. The molecule has 2 aromatic carbocycles. The number of hydrogen-bond donors (Lipinski definition) is 0. The van der Waals surface area contributed by atoms with Gasteiger partial charge in [0.2, 0.25) is 0 Å². The number of hydrogen-bond acceptors (Lipinski definition) is 3. The monoisotopic (exact) mass is 388 g/mol. The van der Waals surface area contributed by atoms with Gasteiger partial charge in [0.1, 0.15) is 0 Å². The molecule has 0 spiro atoms. The Hall–Kier alpha value is -2.92. The molecule has 0 saturated carbocycles. The van der Waals surface area contributed by atoms with Crippen LogP contribution in [0.1, 0.15) is 46.8 Å². The van der Waals surface area contributed by atoms with Gasteiger partial charge in [-0.3, -0.25) is 4.79 Å².